The minimum atomic E-state index is -0.137. The second-order valence-corrected chi connectivity index (χ2v) is 8.21. The first-order chi connectivity index (χ1) is 16.5. The number of halogens is 1. The number of nitrogens with zero attached hydrogens (tertiary/aromatic N) is 3. The van der Waals surface area contributed by atoms with Crippen LogP contribution in [0.4, 0.5) is 23.0 Å². The maximum Gasteiger partial charge on any atom is 0.258 e. The maximum absolute atomic E-state index is 12.9. The third-order valence-electron chi connectivity index (χ3n) is 5.54. The molecule has 0 saturated carbocycles. The fourth-order valence-electron chi connectivity index (χ4n) is 3.74. The number of rotatable bonds is 5. The monoisotopic (exact) mass is 468 g/mol. The predicted octanol–water partition coefficient (Wildman–Crippen LogP) is 5.88. The Balaban J connectivity index is 1.41. The second-order valence-electron chi connectivity index (χ2n) is 7.80. The summed E-state index contributed by atoms with van der Waals surface area (Å²) < 4.78 is 0. The zero-order chi connectivity index (χ0) is 23.7. The quantitative estimate of drug-likeness (QED) is 0.280. The third kappa shape index (κ3) is 4.16. The van der Waals surface area contributed by atoms with Crippen LogP contribution >= 0.6 is 11.6 Å². The average molecular weight is 469 g/mol. The van der Waals surface area contributed by atoms with Gasteiger partial charge in [-0.2, -0.15) is 0 Å². The molecule has 3 aromatic carbocycles. The maximum atomic E-state index is 12.9. The topological polar surface area (TPSA) is 99.9 Å². The zero-order valence-corrected chi connectivity index (χ0v) is 19.0. The van der Waals surface area contributed by atoms with Crippen molar-refractivity contribution in [2.24, 2.45) is 0 Å². The molecule has 0 bridgehead atoms. The molecule has 4 N–H and O–H groups in total. The van der Waals surface area contributed by atoms with E-state index in [1.807, 2.05) is 54.7 Å². The summed E-state index contributed by atoms with van der Waals surface area (Å²) in [5, 5.41) is 4.70. The van der Waals surface area contributed by atoms with Crippen LogP contribution in [-0.4, -0.2) is 27.9 Å². The van der Waals surface area contributed by atoms with Gasteiger partial charge in [0.2, 0.25) is 5.95 Å². The summed E-state index contributed by atoms with van der Waals surface area (Å²) in [7, 11) is 1.73. The number of hydrogen-bond acceptors (Lipinski definition) is 5. The van der Waals surface area contributed by atoms with Crippen molar-refractivity contribution in [1.82, 2.24) is 15.0 Å². The lowest BCUT2D eigenvalue weighted by atomic mass is 10.1. The molecule has 34 heavy (non-hydrogen) atoms. The molecule has 2 heterocycles. The Hall–Kier alpha value is -4.36. The molecule has 1 amide bonds. The van der Waals surface area contributed by atoms with Crippen molar-refractivity contribution in [2.75, 3.05) is 23.0 Å². The molecule has 0 radical (unpaired) electrons. The molecule has 0 fully saturated rings. The molecular formula is C26H21ClN6O. The van der Waals surface area contributed by atoms with E-state index >= 15 is 0 Å². The number of carbonyl (C=O) groups excluding carboxylic acids is 1. The molecule has 2 aromatic heterocycles. The van der Waals surface area contributed by atoms with Gasteiger partial charge in [0.15, 0.2) is 0 Å². The van der Waals surface area contributed by atoms with E-state index in [1.165, 1.54) is 0 Å². The molecule has 0 aliphatic rings. The van der Waals surface area contributed by atoms with Crippen molar-refractivity contribution in [1.29, 1.82) is 0 Å². The fraction of sp³-hybridized carbons (Fsp3) is 0.0385. The van der Waals surface area contributed by atoms with E-state index in [4.69, 9.17) is 17.3 Å². The van der Waals surface area contributed by atoms with E-state index in [2.05, 4.69) is 20.3 Å². The molecule has 168 valence electrons. The number of aromatic amines is 1. The molecule has 0 atom stereocenters. The number of anilines is 4. The van der Waals surface area contributed by atoms with Crippen molar-refractivity contribution in [3.8, 4) is 11.3 Å². The number of H-pyrrole nitrogens is 1. The van der Waals surface area contributed by atoms with Gasteiger partial charge in [-0.15, -0.1) is 0 Å². The Morgan fingerprint density at radius 1 is 1.06 bits per heavy atom. The van der Waals surface area contributed by atoms with E-state index in [0.717, 1.165) is 27.8 Å². The molecule has 8 heteroatoms. The highest BCUT2D eigenvalue weighted by Gasteiger charge is 2.15. The summed E-state index contributed by atoms with van der Waals surface area (Å²) in [6.45, 7) is 0. The van der Waals surface area contributed by atoms with Gasteiger partial charge in [0.25, 0.3) is 5.91 Å². The van der Waals surface area contributed by atoms with Crippen LogP contribution in [0.3, 0.4) is 0 Å². The number of nitrogens with two attached hydrogens (primary N) is 1. The summed E-state index contributed by atoms with van der Waals surface area (Å²) in [5.74, 6) is 0.260. The number of carbonyl (C=O) groups is 1. The highest BCUT2D eigenvalue weighted by Crippen LogP contribution is 2.33. The van der Waals surface area contributed by atoms with Crippen molar-refractivity contribution >= 4 is 51.4 Å². The van der Waals surface area contributed by atoms with Crippen molar-refractivity contribution < 1.29 is 4.79 Å². The van der Waals surface area contributed by atoms with Gasteiger partial charge in [0, 0.05) is 52.3 Å². The van der Waals surface area contributed by atoms with Gasteiger partial charge < -0.3 is 20.9 Å². The van der Waals surface area contributed by atoms with Crippen molar-refractivity contribution in [3.05, 3.63) is 95.8 Å². The first-order valence-corrected chi connectivity index (χ1v) is 11.0. The van der Waals surface area contributed by atoms with Gasteiger partial charge in [0.1, 0.15) is 0 Å². The fourth-order valence-corrected chi connectivity index (χ4v) is 3.93. The van der Waals surface area contributed by atoms with Gasteiger partial charge in [-0.05, 0) is 48.5 Å². The molecule has 0 spiro atoms. The predicted molar refractivity (Wildman–Crippen MR) is 138 cm³/mol. The molecular weight excluding hydrogens is 448 g/mol. The Morgan fingerprint density at radius 2 is 1.85 bits per heavy atom. The van der Waals surface area contributed by atoms with Crippen molar-refractivity contribution in [2.45, 2.75) is 0 Å². The minimum Gasteiger partial charge on any atom is -0.399 e. The normalized spacial score (nSPS) is 10.9. The third-order valence-corrected chi connectivity index (χ3v) is 5.82. The lowest BCUT2D eigenvalue weighted by Crippen LogP contribution is -2.26. The number of amides is 1. The van der Waals surface area contributed by atoms with Crippen LogP contribution in [0.2, 0.25) is 5.02 Å². The molecule has 7 nitrogen and oxygen atoms in total. The molecule has 0 aliphatic carbocycles. The number of nitrogen functional groups attached to an aromatic ring is 1. The Bertz CT molecular complexity index is 1500. The van der Waals surface area contributed by atoms with E-state index in [0.29, 0.717) is 27.9 Å². The Morgan fingerprint density at radius 3 is 2.68 bits per heavy atom. The number of fused-ring (bicyclic) bond motifs is 1. The van der Waals surface area contributed by atoms with Crippen LogP contribution in [0.15, 0.2) is 85.2 Å². The molecule has 5 rings (SSSR count). The van der Waals surface area contributed by atoms with E-state index in [-0.39, 0.29) is 5.91 Å². The summed E-state index contributed by atoms with van der Waals surface area (Å²) >= 11 is 6.44. The summed E-state index contributed by atoms with van der Waals surface area (Å²) in [4.78, 5) is 26.7. The molecule has 0 unspecified atom stereocenters. The zero-order valence-electron chi connectivity index (χ0n) is 18.3. The molecule has 0 aliphatic heterocycles. The van der Waals surface area contributed by atoms with Crippen LogP contribution in [0.5, 0.6) is 0 Å². The average Bonchev–Trinajstić information content (AvgIpc) is 3.29. The summed E-state index contributed by atoms with van der Waals surface area (Å²) in [5.41, 5.74) is 10.9. The van der Waals surface area contributed by atoms with Crippen LogP contribution in [0.25, 0.3) is 22.2 Å². The number of nitrogens with one attached hydrogen (secondary N) is 2. The Kier molecular flexibility index (Phi) is 5.61. The van der Waals surface area contributed by atoms with Gasteiger partial charge in [-0.3, -0.25) is 4.79 Å². The van der Waals surface area contributed by atoms with E-state index < -0.39 is 0 Å². The van der Waals surface area contributed by atoms with E-state index in [9.17, 15) is 4.79 Å². The van der Waals surface area contributed by atoms with Crippen LogP contribution in [-0.2, 0) is 0 Å². The minimum absolute atomic E-state index is 0.137. The first kappa shape index (κ1) is 21.5. The SMILES string of the molecule is CN(C(=O)c1ccc(N)cc1)c1cccc(Nc2ncc(Cl)c(-c3c[nH]c4ccccc34)n2)c1. The number of hydrogen-bond donors (Lipinski definition) is 3. The smallest absolute Gasteiger partial charge is 0.258 e. The van der Waals surface area contributed by atoms with Crippen LogP contribution in [0.1, 0.15) is 10.4 Å². The summed E-state index contributed by atoms with van der Waals surface area (Å²) in [6, 6.07) is 22.3. The van der Waals surface area contributed by atoms with Gasteiger partial charge >= 0.3 is 0 Å². The van der Waals surface area contributed by atoms with Crippen LogP contribution < -0.4 is 16.0 Å². The molecule has 5 aromatic rings. The lowest BCUT2D eigenvalue weighted by Gasteiger charge is -2.18. The van der Waals surface area contributed by atoms with Gasteiger partial charge in [-0.25, -0.2) is 9.97 Å². The van der Waals surface area contributed by atoms with Gasteiger partial charge in [-0.1, -0.05) is 35.9 Å². The van der Waals surface area contributed by atoms with Gasteiger partial charge in [0.05, 0.1) is 16.9 Å². The second kappa shape index (κ2) is 8.88. The van der Waals surface area contributed by atoms with Crippen molar-refractivity contribution in [3.63, 3.8) is 0 Å². The molecule has 0 saturated heterocycles. The summed E-state index contributed by atoms with van der Waals surface area (Å²) in [6.07, 6.45) is 3.47. The highest BCUT2D eigenvalue weighted by atomic mass is 35.5. The Labute approximate surface area is 201 Å². The number of aromatic nitrogens is 3. The number of para-hydroxylation sites is 1. The lowest BCUT2D eigenvalue weighted by molar-refractivity contribution is 0.0993. The standard InChI is InChI=1S/C26H21ClN6O/c1-33(25(34)16-9-11-17(28)12-10-16)19-6-4-5-18(13-19)31-26-30-15-22(27)24(32-26)21-14-29-23-8-3-2-7-20(21)23/h2-15,29H,28H2,1H3,(H,30,31,32). The van der Waals surface area contributed by atoms with E-state index in [1.54, 1.807) is 42.4 Å². The number of benzene rings is 3. The highest BCUT2D eigenvalue weighted by molar-refractivity contribution is 6.33. The largest absolute Gasteiger partial charge is 0.399 e. The van der Waals surface area contributed by atoms with Crippen LogP contribution in [0, 0.1) is 0 Å². The first-order valence-electron chi connectivity index (χ1n) is 10.6.